The molecule has 0 aliphatic heterocycles. The fourth-order valence-electron chi connectivity index (χ4n) is 2.27. The minimum Gasteiger partial charge on any atom is -0.346 e. The Kier molecular flexibility index (Phi) is 4.20. The Morgan fingerprint density at radius 2 is 1.86 bits per heavy atom. The van der Waals surface area contributed by atoms with Gasteiger partial charge in [0.25, 0.3) is 5.91 Å². The Balaban J connectivity index is 1.66. The molecule has 0 aliphatic rings. The van der Waals surface area contributed by atoms with E-state index in [-0.39, 0.29) is 5.91 Å². The highest BCUT2D eigenvalue weighted by atomic mass is 32.1. The number of carbonyl (C=O) groups excluding carboxylic acids is 1. The smallest absolute Gasteiger partial charge is 0.251 e. The van der Waals surface area contributed by atoms with Gasteiger partial charge in [0, 0.05) is 5.56 Å². The van der Waals surface area contributed by atoms with Gasteiger partial charge in [-0.3, -0.25) is 4.79 Å². The minimum absolute atomic E-state index is 0.0606. The van der Waals surface area contributed by atoms with Crippen LogP contribution in [0.15, 0.2) is 48.5 Å². The molecule has 3 rings (SSSR count). The van der Waals surface area contributed by atoms with E-state index in [1.165, 1.54) is 5.56 Å². The molecule has 0 aliphatic carbocycles. The van der Waals surface area contributed by atoms with Crippen molar-refractivity contribution in [2.75, 3.05) is 0 Å². The zero-order valence-corrected chi connectivity index (χ0v) is 13.5. The lowest BCUT2D eigenvalue weighted by molar-refractivity contribution is 0.0951. The van der Waals surface area contributed by atoms with Crippen LogP contribution in [0.3, 0.4) is 0 Å². The highest BCUT2D eigenvalue weighted by Crippen LogP contribution is 2.21. The molecule has 0 unspecified atom stereocenters. The first-order chi connectivity index (χ1) is 10.6. The summed E-state index contributed by atoms with van der Waals surface area (Å²) in [5.74, 6) is 0.412. The van der Waals surface area contributed by atoms with Gasteiger partial charge in [-0.15, -0.1) is 11.3 Å². The number of thiazole rings is 1. The monoisotopic (exact) mass is 310 g/mol. The van der Waals surface area contributed by atoms with Crippen LogP contribution in [-0.4, -0.2) is 10.9 Å². The summed E-state index contributed by atoms with van der Waals surface area (Å²) in [6.07, 6.45) is 0. The third-order valence-corrected chi connectivity index (χ3v) is 4.61. The van der Waals surface area contributed by atoms with Crippen molar-refractivity contribution in [3.8, 4) is 0 Å². The molecule has 1 aromatic heterocycles. The van der Waals surface area contributed by atoms with Crippen LogP contribution in [-0.2, 0) is 6.54 Å². The quantitative estimate of drug-likeness (QED) is 0.778. The highest BCUT2D eigenvalue weighted by Gasteiger charge is 2.08. The molecular formula is C18H18N2OS. The second-order valence-electron chi connectivity index (χ2n) is 5.53. The van der Waals surface area contributed by atoms with Gasteiger partial charge in [-0.25, -0.2) is 4.98 Å². The van der Waals surface area contributed by atoms with Gasteiger partial charge in [0.2, 0.25) is 0 Å². The van der Waals surface area contributed by atoms with Crippen LogP contribution in [0.5, 0.6) is 0 Å². The Morgan fingerprint density at radius 1 is 1.14 bits per heavy atom. The molecule has 22 heavy (non-hydrogen) atoms. The molecule has 3 aromatic rings. The average molecular weight is 310 g/mol. The summed E-state index contributed by atoms with van der Waals surface area (Å²) in [7, 11) is 0. The fourth-order valence-corrected chi connectivity index (χ4v) is 3.18. The first-order valence-electron chi connectivity index (χ1n) is 7.36. The molecule has 112 valence electrons. The van der Waals surface area contributed by atoms with Crippen molar-refractivity contribution >= 4 is 27.5 Å². The molecule has 1 heterocycles. The van der Waals surface area contributed by atoms with Gasteiger partial charge < -0.3 is 5.32 Å². The van der Waals surface area contributed by atoms with Crippen molar-refractivity contribution in [1.29, 1.82) is 0 Å². The van der Waals surface area contributed by atoms with E-state index in [4.69, 9.17) is 0 Å². The third-order valence-electron chi connectivity index (χ3n) is 3.58. The molecule has 0 saturated carbocycles. The lowest BCUT2D eigenvalue weighted by Gasteiger charge is -2.07. The van der Waals surface area contributed by atoms with Crippen molar-refractivity contribution < 1.29 is 4.79 Å². The number of benzene rings is 2. The largest absolute Gasteiger partial charge is 0.346 e. The average Bonchev–Trinajstić information content (AvgIpc) is 2.95. The summed E-state index contributed by atoms with van der Waals surface area (Å²) in [5.41, 5.74) is 2.91. The zero-order valence-electron chi connectivity index (χ0n) is 12.7. The summed E-state index contributed by atoms with van der Waals surface area (Å²) < 4.78 is 1.15. The van der Waals surface area contributed by atoms with Gasteiger partial charge in [0.15, 0.2) is 0 Å². The lowest BCUT2D eigenvalue weighted by Crippen LogP contribution is -2.22. The maximum Gasteiger partial charge on any atom is 0.251 e. The number of hydrogen-bond acceptors (Lipinski definition) is 3. The van der Waals surface area contributed by atoms with Crippen LogP contribution < -0.4 is 5.32 Å². The third kappa shape index (κ3) is 3.17. The van der Waals surface area contributed by atoms with Crippen molar-refractivity contribution in [3.63, 3.8) is 0 Å². The number of hydrogen-bond donors (Lipinski definition) is 1. The van der Waals surface area contributed by atoms with Gasteiger partial charge in [-0.05, 0) is 35.7 Å². The van der Waals surface area contributed by atoms with Crippen molar-refractivity contribution in [2.45, 2.75) is 26.3 Å². The summed E-state index contributed by atoms with van der Waals surface area (Å²) in [6.45, 7) is 4.74. The lowest BCUT2D eigenvalue weighted by atomic mass is 10.0. The molecule has 1 N–H and O–H groups in total. The van der Waals surface area contributed by atoms with E-state index in [0.717, 1.165) is 15.2 Å². The molecule has 0 atom stereocenters. The van der Waals surface area contributed by atoms with Crippen LogP contribution in [0.2, 0.25) is 0 Å². The fraction of sp³-hybridized carbons (Fsp3) is 0.222. The number of para-hydroxylation sites is 1. The molecular weight excluding hydrogens is 292 g/mol. The van der Waals surface area contributed by atoms with Crippen LogP contribution in [0.1, 0.15) is 40.7 Å². The SMILES string of the molecule is CC(C)c1ccc(C(=O)NCc2nc3ccccc3s2)cc1. The van der Waals surface area contributed by atoms with Crippen molar-refractivity contribution in [3.05, 3.63) is 64.7 Å². The summed E-state index contributed by atoms with van der Waals surface area (Å²) >= 11 is 1.61. The van der Waals surface area contributed by atoms with Crippen LogP contribution in [0, 0.1) is 0 Å². The van der Waals surface area contributed by atoms with E-state index < -0.39 is 0 Å². The van der Waals surface area contributed by atoms with E-state index in [1.54, 1.807) is 11.3 Å². The van der Waals surface area contributed by atoms with E-state index >= 15 is 0 Å². The second-order valence-corrected chi connectivity index (χ2v) is 6.65. The van der Waals surface area contributed by atoms with Crippen LogP contribution >= 0.6 is 11.3 Å². The van der Waals surface area contributed by atoms with Gasteiger partial charge in [-0.2, -0.15) is 0 Å². The molecule has 4 heteroatoms. The topological polar surface area (TPSA) is 42.0 Å². The number of nitrogens with zero attached hydrogens (tertiary/aromatic N) is 1. The van der Waals surface area contributed by atoms with Gasteiger partial charge in [-0.1, -0.05) is 38.1 Å². The summed E-state index contributed by atoms with van der Waals surface area (Å²) in [6, 6.07) is 15.8. The first kappa shape index (κ1) is 14.7. The number of aromatic nitrogens is 1. The van der Waals surface area contributed by atoms with Gasteiger partial charge >= 0.3 is 0 Å². The Labute approximate surface area is 134 Å². The maximum absolute atomic E-state index is 12.2. The minimum atomic E-state index is -0.0606. The normalized spacial score (nSPS) is 11.0. The van der Waals surface area contributed by atoms with E-state index in [0.29, 0.717) is 18.0 Å². The van der Waals surface area contributed by atoms with E-state index in [1.807, 2.05) is 48.5 Å². The molecule has 0 bridgehead atoms. The molecule has 3 nitrogen and oxygen atoms in total. The first-order valence-corrected chi connectivity index (χ1v) is 8.18. The van der Waals surface area contributed by atoms with Crippen molar-refractivity contribution in [1.82, 2.24) is 10.3 Å². The molecule has 0 spiro atoms. The highest BCUT2D eigenvalue weighted by molar-refractivity contribution is 7.18. The van der Waals surface area contributed by atoms with Crippen LogP contribution in [0.4, 0.5) is 0 Å². The Bertz CT molecular complexity index is 757. The molecule has 2 aromatic carbocycles. The maximum atomic E-state index is 12.2. The molecule has 0 fully saturated rings. The Hall–Kier alpha value is -2.20. The van der Waals surface area contributed by atoms with E-state index in [9.17, 15) is 4.79 Å². The standard InChI is InChI=1S/C18H18N2OS/c1-12(2)13-7-9-14(10-8-13)18(21)19-11-17-20-15-5-3-4-6-16(15)22-17/h3-10,12H,11H2,1-2H3,(H,19,21). The number of nitrogens with one attached hydrogen (secondary N) is 1. The molecule has 0 radical (unpaired) electrons. The van der Waals surface area contributed by atoms with Crippen molar-refractivity contribution in [2.24, 2.45) is 0 Å². The molecule has 0 saturated heterocycles. The second kappa shape index (κ2) is 6.28. The molecule has 1 amide bonds. The number of carbonyl (C=O) groups is 1. The predicted molar refractivity (Wildman–Crippen MR) is 91.3 cm³/mol. The summed E-state index contributed by atoms with van der Waals surface area (Å²) in [5, 5.41) is 3.86. The number of rotatable bonds is 4. The summed E-state index contributed by atoms with van der Waals surface area (Å²) in [4.78, 5) is 16.7. The zero-order chi connectivity index (χ0) is 15.5. The Morgan fingerprint density at radius 3 is 2.55 bits per heavy atom. The number of amides is 1. The predicted octanol–water partition coefficient (Wildman–Crippen LogP) is 4.35. The van der Waals surface area contributed by atoms with Crippen LogP contribution in [0.25, 0.3) is 10.2 Å². The van der Waals surface area contributed by atoms with Gasteiger partial charge in [0.05, 0.1) is 16.8 Å². The van der Waals surface area contributed by atoms with E-state index in [2.05, 4.69) is 24.1 Å². The number of fused-ring (bicyclic) bond motifs is 1. The van der Waals surface area contributed by atoms with Gasteiger partial charge in [0.1, 0.15) is 5.01 Å².